The van der Waals surface area contributed by atoms with E-state index in [1.807, 2.05) is 35.8 Å². The first kappa shape index (κ1) is 16.9. The summed E-state index contributed by atoms with van der Waals surface area (Å²) in [7, 11) is 1.97. The summed E-state index contributed by atoms with van der Waals surface area (Å²) >= 11 is 0. The Morgan fingerprint density at radius 1 is 1.35 bits per heavy atom. The van der Waals surface area contributed by atoms with Crippen molar-refractivity contribution >= 4 is 6.03 Å². The highest BCUT2D eigenvalue weighted by Crippen LogP contribution is 2.30. The quantitative estimate of drug-likeness (QED) is 0.922. The number of carbonyl (C=O) groups is 1. The first-order chi connectivity index (χ1) is 12.7. The fourth-order valence-electron chi connectivity index (χ4n) is 4.06. The fraction of sp³-hybridized carbons (Fsp3) is 0.500. The van der Waals surface area contributed by atoms with Gasteiger partial charge in [0.2, 0.25) is 0 Å². The maximum atomic E-state index is 12.9. The van der Waals surface area contributed by atoms with Gasteiger partial charge in [0.15, 0.2) is 0 Å². The van der Waals surface area contributed by atoms with Crippen LogP contribution < -0.4 is 10.1 Å². The molecule has 0 saturated carbocycles. The summed E-state index contributed by atoms with van der Waals surface area (Å²) in [5, 5.41) is 7.59. The van der Waals surface area contributed by atoms with Gasteiger partial charge in [-0.1, -0.05) is 6.07 Å². The topological polar surface area (TPSA) is 59.4 Å². The molecule has 1 aromatic carbocycles. The highest BCUT2D eigenvalue weighted by Gasteiger charge is 2.28. The molecule has 1 aliphatic heterocycles. The van der Waals surface area contributed by atoms with Crippen molar-refractivity contribution in [2.24, 2.45) is 7.05 Å². The summed E-state index contributed by atoms with van der Waals surface area (Å²) in [6, 6.07) is 6.29. The number of hydrogen-bond donors (Lipinski definition) is 1. The second kappa shape index (κ2) is 7.02. The molecular weight excluding hydrogens is 328 g/mol. The molecule has 0 bridgehead atoms. The van der Waals surface area contributed by atoms with Gasteiger partial charge in [-0.05, 0) is 55.9 Å². The number of nitrogens with one attached hydrogen (secondary N) is 1. The van der Waals surface area contributed by atoms with Crippen molar-refractivity contribution in [2.75, 3.05) is 13.2 Å². The minimum absolute atomic E-state index is 0.0131. The van der Waals surface area contributed by atoms with E-state index in [-0.39, 0.29) is 12.1 Å². The maximum absolute atomic E-state index is 12.9. The monoisotopic (exact) mass is 354 g/mol. The van der Waals surface area contributed by atoms with E-state index in [0.29, 0.717) is 13.2 Å². The van der Waals surface area contributed by atoms with E-state index >= 15 is 0 Å². The van der Waals surface area contributed by atoms with Crippen LogP contribution in [0.5, 0.6) is 5.75 Å². The van der Waals surface area contributed by atoms with Crippen LogP contribution in [0.3, 0.4) is 0 Å². The van der Waals surface area contributed by atoms with Crippen LogP contribution in [0, 0.1) is 0 Å². The molecule has 0 radical (unpaired) electrons. The predicted octanol–water partition coefficient (Wildman–Crippen LogP) is 2.96. The average molecular weight is 354 g/mol. The maximum Gasteiger partial charge on any atom is 0.318 e. The Hall–Kier alpha value is -2.50. The molecule has 2 aliphatic rings. The van der Waals surface area contributed by atoms with Crippen LogP contribution in [-0.4, -0.2) is 33.9 Å². The van der Waals surface area contributed by atoms with Crippen molar-refractivity contribution in [3.63, 3.8) is 0 Å². The highest BCUT2D eigenvalue weighted by molar-refractivity contribution is 5.75. The summed E-state index contributed by atoms with van der Waals surface area (Å²) in [6.45, 7) is 4.02. The zero-order valence-electron chi connectivity index (χ0n) is 15.5. The molecule has 6 nitrogen and oxygen atoms in total. The summed E-state index contributed by atoms with van der Waals surface area (Å²) in [5.74, 6) is 0.876. The standard InChI is InChI=1S/C20H26N4O2/c1-3-26-16-8-7-14-9-10-24(13-15(14)11-16)20(25)22-18-5-4-6-19-17(18)12-21-23(19)2/h7-8,11-12,18H,3-6,9-10,13H2,1-2H3,(H,22,25). The zero-order valence-corrected chi connectivity index (χ0v) is 15.5. The Kier molecular flexibility index (Phi) is 4.57. The molecule has 0 saturated heterocycles. The van der Waals surface area contributed by atoms with E-state index in [4.69, 9.17) is 4.74 Å². The van der Waals surface area contributed by atoms with Crippen molar-refractivity contribution in [1.82, 2.24) is 20.0 Å². The third kappa shape index (κ3) is 3.16. The number of urea groups is 1. The molecule has 26 heavy (non-hydrogen) atoms. The average Bonchev–Trinajstić information content (AvgIpc) is 3.03. The SMILES string of the molecule is CCOc1ccc2c(c1)CN(C(=O)NC1CCCc3c1cnn3C)CC2. The van der Waals surface area contributed by atoms with Gasteiger partial charge >= 0.3 is 6.03 Å². The molecular formula is C20H26N4O2. The van der Waals surface area contributed by atoms with Gasteiger partial charge in [0.05, 0.1) is 18.8 Å². The highest BCUT2D eigenvalue weighted by atomic mass is 16.5. The Morgan fingerprint density at radius 3 is 3.08 bits per heavy atom. The van der Waals surface area contributed by atoms with Crippen molar-refractivity contribution in [2.45, 2.75) is 45.2 Å². The molecule has 2 amide bonds. The van der Waals surface area contributed by atoms with Crippen LogP contribution in [0.15, 0.2) is 24.4 Å². The van der Waals surface area contributed by atoms with Crippen molar-refractivity contribution in [3.05, 3.63) is 46.8 Å². The third-order valence-corrected chi connectivity index (χ3v) is 5.46. The Balaban J connectivity index is 1.46. The molecule has 0 spiro atoms. The third-order valence-electron chi connectivity index (χ3n) is 5.46. The molecule has 0 fully saturated rings. The summed E-state index contributed by atoms with van der Waals surface area (Å²) in [6.07, 6.45) is 5.88. The number of benzene rings is 1. The van der Waals surface area contributed by atoms with Crippen LogP contribution in [-0.2, 0) is 26.4 Å². The molecule has 6 heteroatoms. The lowest BCUT2D eigenvalue weighted by atomic mass is 9.93. The second-order valence-corrected chi connectivity index (χ2v) is 7.10. The van der Waals surface area contributed by atoms with Crippen LogP contribution in [0.25, 0.3) is 0 Å². The lowest BCUT2D eigenvalue weighted by Gasteiger charge is -2.32. The molecule has 4 rings (SSSR count). The summed E-state index contributed by atoms with van der Waals surface area (Å²) < 4.78 is 7.53. The van der Waals surface area contributed by atoms with E-state index in [1.54, 1.807) is 0 Å². The summed E-state index contributed by atoms with van der Waals surface area (Å²) in [4.78, 5) is 14.8. The van der Waals surface area contributed by atoms with E-state index in [2.05, 4.69) is 22.5 Å². The van der Waals surface area contributed by atoms with Gasteiger partial charge in [0.1, 0.15) is 5.75 Å². The molecule has 2 aromatic rings. The van der Waals surface area contributed by atoms with Gasteiger partial charge < -0.3 is 15.0 Å². The van der Waals surface area contributed by atoms with Crippen LogP contribution in [0.4, 0.5) is 4.79 Å². The molecule has 1 N–H and O–H groups in total. The Morgan fingerprint density at radius 2 is 2.23 bits per heavy atom. The van der Waals surface area contributed by atoms with Crippen molar-refractivity contribution in [1.29, 1.82) is 0 Å². The number of aryl methyl sites for hydroxylation is 1. The minimum atomic E-state index is 0.0131. The molecule has 138 valence electrons. The van der Waals surface area contributed by atoms with E-state index in [0.717, 1.165) is 38.0 Å². The van der Waals surface area contributed by atoms with Crippen LogP contribution in [0.2, 0.25) is 0 Å². The first-order valence-electron chi connectivity index (χ1n) is 9.46. The van der Waals surface area contributed by atoms with Crippen molar-refractivity contribution < 1.29 is 9.53 Å². The minimum Gasteiger partial charge on any atom is -0.494 e. The lowest BCUT2D eigenvalue weighted by molar-refractivity contribution is 0.186. The van der Waals surface area contributed by atoms with Crippen molar-refractivity contribution in [3.8, 4) is 5.75 Å². The van der Waals surface area contributed by atoms with Gasteiger partial charge in [-0.2, -0.15) is 5.10 Å². The van der Waals surface area contributed by atoms with E-state index < -0.39 is 0 Å². The van der Waals surface area contributed by atoms with Gasteiger partial charge in [0.25, 0.3) is 0 Å². The molecule has 1 aliphatic carbocycles. The van der Waals surface area contributed by atoms with Crippen LogP contribution >= 0.6 is 0 Å². The predicted molar refractivity (Wildman–Crippen MR) is 99.1 cm³/mol. The normalized spacial score (nSPS) is 18.8. The number of aromatic nitrogens is 2. The Labute approximate surface area is 154 Å². The first-order valence-corrected chi connectivity index (χ1v) is 9.46. The lowest BCUT2D eigenvalue weighted by Crippen LogP contribution is -2.44. The van der Waals surface area contributed by atoms with Crippen LogP contribution in [0.1, 0.15) is 48.2 Å². The van der Waals surface area contributed by atoms with Gasteiger partial charge in [0, 0.05) is 31.4 Å². The molecule has 1 unspecified atom stereocenters. The number of nitrogens with zero attached hydrogens (tertiary/aromatic N) is 3. The second-order valence-electron chi connectivity index (χ2n) is 7.10. The zero-order chi connectivity index (χ0) is 18.1. The number of fused-ring (bicyclic) bond motifs is 2. The number of amides is 2. The Bertz CT molecular complexity index is 814. The number of carbonyl (C=O) groups excluding carboxylic acids is 1. The largest absolute Gasteiger partial charge is 0.494 e. The molecule has 2 heterocycles. The molecule has 1 aromatic heterocycles. The summed E-state index contributed by atoms with van der Waals surface area (Å²) in [5.41, 5.74) is 4.91. The fourth-order valence-corrected chi connectivity index (χ4v) is 4.06. The molecule has 1 atom stereocenters. The van der Waals surface area contributed by atoms with E-state index in [1.165, 1.54) is 22.4 Å². The van der Waals surface area contributed by atoms with E-state index in [9.17, 15) is 4.79 Å². The number of rotatable bonds is 3. The number of ether oxygens (including phenoxy) is 1. The number of hydrogen-bond acceptors (Lipinski definition) is 3. The smallest absolute Gasteiger partial charge is 0.318 e. The van der Waals surface area contributed by atoms with Gasteiger partial charge in [-0.3, -0.25) is 4.68 Å². The van der Waals surface area contributed by atoms with Gasteiger partial charge in [-0.25, -0.2) is 4.79 Å². The van der Waals surface area contributed by atoms with Gasteiger partial charge in [-0.15, -0.1) is 0 Å².